The van der Waals surface area contributed by atoms with E-state index in [9.17, 15) is 0 Å². The molecule has 0 bridgehead atoms. The molecule has 0 amide bonds. The number of nitrogens with zero attached hydrogens (tertiary/aromatic N) is 2. The molecule has 2 atom stereocenters. The predicted octanol–water partition coefficient (Wildman–Crippen LogP) is 2.48. The third kappa shape index (κ3) is 1.90. The Morgan fingerprint density at radius 3 is 3.18 bits per heavy atom. The highest BCUT2D eigenvalue weighted by atomic mass is 79.9. The summed E-state index contributed by atoms with van der Waals surface area (Å²) >= 11 is 3.28. The van der Waals surface area contributed by atoms with Crippen LogP contribution in [0.25, 0.3) is 5.57 Å². The zero-order valence-electron chi connectivity index (χ0n) is 9.28. The predicted molar refractivity (Wildman–Crippen MR) is 69.1 cm³/mol. The summed E-state index contributed by atoms with van der Waals surface area (Å²) in [5.41, 5.74) is 3.01. The van der Waals surface area contributed by atoms with Gasteiger partial charge in [-0.25, -0.2) is 4.98 Å². The lowest BCUT2D eigenvalue weighted by atomic mass is 9.99. The van der Waals surface area contributed by atoms with Crippen LogP contribution in [0.15, 0.2) is 22.9 Å². The molecule has 2 aliphatic rings. The second-order valence-corrected chi connectivity index (χ2v) is 5.35. The third-order valence-electron chi connectivity index (χ3n) is 3.60. The fourth-order valence-corrected chi connectivity index (χ4v) is 2.99. The molecule has 3 nitrogen and oxygen atoms in total. The molecule has 2 heterocycles. The van der Waals surface area contributed by atoms with Crippen LogP contribution < -0.4 is 5.32 Å². The zero-order valence-corrected chi connectivity index (χ0v) is 10.9. The van der Waals surface area contributed by atoms with Crippen LogP contribution in [0.5, 0.6) is 0 Å². The molecular weight excluding hydrogens is 278 g/mol. The van der Waals surface area contributed by atoms with Crippen molar-refractivity contribution < 1.29 is 0 Å². The quantitative estimate of drug-likeness (QED) is 0.808. The fourth-order valence-electron chi connectivity index (χ4n) is 2.69. The van der Waals surface area contributed by atoms with E-state index in [2.05, 4.69) is 38.4 Å². The summed E-state index contributed by atoms with van der Waals surface area (Å²) in [7, 11) is 0. The molecule has 1 aromatic rings. The van der Waals surface area contributed by atoms with Crippen LogP contribution in [-0.2, 0) is 0 Å². The molecule has 1 fully saturated rings. The molecule has 1 N–H and O–H groups in total. The van der Waals surface area contributed by atoms with Gasteiger partial charge in [-0.15, -0.1) is 0 Å². The summed E-state index contributed by atoms with van der Waals surface area (Å²) in [5.74, 6) is 0.735. The van der Waals surface area contributed by atoms with Crippen LogP contribution in [0, 0.1) is 17.2 Å². The molecule has 3 rings (SSSR count). The minimum Gasteiger partial charge on any atom is -0.310 e. The van der Waals surface area contributed by atoms with Gasteiger partial charge in [0.15, 0.2) is 0 Å². The normalized spacial score (nSPS) is 26.5. The van der Waals surface area contributed by atoms with Gasteiger partial charge < -0.3 is 5.32 Å². The second kappa shape index (κ2) is 4.25. The number of hydrogen-bond donors (Lipinski definition) is 1. The van der Waals surface area contributed by atoms with Crippen molar-refractivity contribution in [3.63, 3.8) is 0 Å². The summed E-state index contributed by atoms with van der Waals surface area (Å²) < 4.78 is 0.626. The van der Waals surface area contributed by atoms with Crippen molar-refractivity contribution in [1.29, 1.82) is 5.26 Å². The lowest BCUT2D eigenvalue weighted by molar-refractivity contribution is 0.553. The van der Waals surface area contributed by atoms with E-state index in [0.717, 1.165) is 24.4 Å². The molecule has 86 valence electrons. The molecule has 1 aromatic heterocycles. The number of nitriles is 1. The van der Waals surface area contributed by atoms with Gasteiger partial charge >= 0.3 is 0 Å². The maximum Gasteiger partial charge on any atom is 0.123 e. The highest BCUT2D eigenvalue weighted by Crippen LogP contribution is 2.37. The number of hydrogen-bond acceptors (Lipinski definition) is 3. The molecule has 0 radical (unpaired) electrons. The number of rotatable bonds is 1. The van der Waals surface area contributed by atoms with Crippen molar-refractivity contribution in [2.24, 2.45) is 5.92 Å². The highest BCUT2D eigenvalue weighted by Gasteiger charge is 2.31. The highest BCUT2D eigenvalue weighted by molar-refractivity contribution is 9.10. The lowest BCUT2D eigenvalue weighted by Crippen LogP contribution is -2.20. The summed E-state index contributed by atoms with van der Waals surface area (Å²) in [6.07, 6.45) is 6.49. The molecule has 1 aliphatic heterocycles. The average Bonchev–Trinajstić information content (AvgIpc) is 2.90. The molecule has 2 unspecified atom stereocenters. The molecule has 1 saturated heterocycles. The van der Waals surface area contributed by atoms with Gasteiger partial charge in [-0.2, -0.15) is 5.26 Å². The largest absolute Gasteiger partial charge is 0.310 e. The standard InChI is InChI=1S/C13H12BrN3/c14-13-10(6-15)4-11(7-17-13)9-3-8-1-2-16-12(8)5-9/h4-5,7-8,12,16H,1-3H2. The minimum absolute atomic E-state index is 0.527. The average molecular weight is 290 g/mol. The molecule has 0 aromatic carbocycles. The SMILES string of the molecule is N#Cc1cc(C2=CC3NCCC3C2)cnc1Br. The topological polar surface area (TPSA) is 48.7 Å². The molecule has 4 heteroatoms. The zero-order chi connectivity index (χ0) is 11.8. The third-order valence-corrected chi connectivity index (χ3v) is 4.23. The summed E-state index contributed by atoms with van der Waals surface area (Å²) in [4.78, 5) is 4.22. The first-order valence-electron chi connectivity index (χ1n) is 5.78. The van der Waals surface area contributed by atoms with Crippen LogP contribution in [0.3, 0.4) is 0 Å². The first-order chi connectivity index (χ1) is 8.28. The number of fused-ring (bicyclic) bond motifs is 1. The van der Waals surface area contributed by atoms with E-state index >= 15 is 0 Å². The summed E-state index contributed by atoms with van der Waals surface area (Å²) in [5, 5.41) is 12.5. The maximum absolute atomic E-state index is 9.00. The smallest absolute Gasteiger partial charge is 0.123 e. The van der Waals surface area contributed by atoms with Gasteiger partial charge in [-0.1, -0.05) is 6.08 Å². The van der Waals surface area contributed by atoms with Gasteiger partial charge in [-0.3, -0.25) is 0 Å². The number of nitrogens with one attached hydrogen (secondary N) is 1. The molecular formula is C13H12BrN3. The minimum atomic E-state index is 0.527. The monoisotopic (exact) mass is 289 g/mol. The number of pyridine rings is 1. The Kier molecular flexibility index (Phi) is 2.73. The van der Waals surface area contributed by atoms with E-state index in [1.54, 1.807) is 0 Å². The van der Waals surface area contributed by atoms with Crippen LogP contribution in [0.2, 0.25) is 0 Å². The Labute approximate surface area is 109 Å². The van der Waals surface area contributed by atoms with E-state index < -0.39 is 0 Å². The van der Waals surface area contributed by atoms with Gasteiger partial charge in [0.25, 0.3) is 0 Å². The van der Waals surface area contributed by atoms with Crippen LogP contribution in [-0.4, -0.2) is 17.6 Å². The van der Waals surface area contributed by atoms with Gasteiger partial charge in [-0.05, 0) is 58.4 Å². The van der Waals surface area contributed by atoms with Crippen molar-refractivity contribution in [3.05, 3.63) is 34.1 Å². The lowest BCUT2D eigenvalue weighted by Gasteiger charge is -2.07. The van der Waals surface area contributed by atoms with Crippen molar-refractivity contribution >= 4 is 21.5 Å². The van der Waals surface area contributed by atoms with Gasteiger partial charge in [0.2, 0.25) is 0 Å². The van der Waals surface area contributed by atoms with Crippen molar-refractivity contribution in [1.82, 2.24) is 10.3 Å². The van der Waals surface area contributed by atoms with Crippen molar-refractivity contribution in [3.8, 4) is 6.07 Å². The molecule has 0 saturated carbocycles. The fraction of sp³-hybridized carbons (Fsp3) is 0.385. The van der Waals surface area contributed by atoms with Crippen LogP contribution in [0.4, 0.5) is 0 Å². The van der Waals surface area contributed by atoms with Crippen LogP contribution in [0.1, 0.15) is 24.0 Å². The van der Waals surface area contributed by atoms with Gasteiger partial charge in [0.05, 0.1) is 5.56 Å². The van der Waals surface area contributed by atoms with E-state index in [4.69, 9.17) is 5.26 Å². The first kappa shape index (κ1) is 10.9. The molecule has 0 spiro atoms. The van der Waals surface area contributed by atoms with Crippen molar-refractivity contribution in [2.45, 2.75) is 18.9 Å². The van der Waals surface area contributed by atoms with Gasteiger partial charge in [0, 0.05) is 12.2 Å². The summed E-state index contributed by atoms with van der Waals surface area (Å²) in [6.45, 7) is 1.13. The number of allylic oxidation sites excluding steroid dienone is 1. The number of halogens is 1. The second-order valence-electron chi connectivity index (χ2n) is 4.60. The maximum atomic E-state index is 9.00. The summed E-state index contributed by atoms with van der Waals surface area (Å²) in [6, 6.07) is 4.60. The molecule has 17 heavy (non-hydrogen) atoms. The Hall–Kier alpha value is -1.18. The Bertz CT molecular complexity index is 530. The molecule has 1 aliphatic carbocycles. The Balaban J connectivity index is 1.93. The Morgan fingerprint density at radius 1 is 1.53 bits per heavy atom. The number of aromatic nitrogens is 1. The van der Waals surface area contributed by atoms with E-state index in [-0.39, 0.29) is 0 Å². The Morgan fingerprint density at radius 2 is 2.41 bits per heavy atom. The van der Waals surface area contributed by atoms with E-state index in [0.29, 0.717) is 16.2 Å². The van der Waals surface area contributed by atoms with E-state index in [1.807, 2.05) is 12.3 Å². The first-order valence-corrected chi connectivity index (χ1v) is 6.57. The van der Waals surface area contributed by atoms with E-state index in [1.165, 1.54) is 12.0 Å². The van der Waals surface area contributed by atoms with Crippen molar-refractivity contribution in [2.75, 3.05) is 6.54 Å². The van der Waals surface area contributed by atoms with Gasteiger partial charge in [0.1, 0.15) is 10.7 Å². The van der Waals surface area contributed by atoms with Crippen LogP contribution >= 0.6 is 15.9 Å².